The Bertz CT molecular complexity index is 876. The maximum absolute atomic E-state index is 12.7. The van der Waals surface area contributed by atoms with E-state index in [1.807, 2.05) is 45.0 Å². The minimum atomic E-state index is -0.545. The predicted molar refractivity (Wildman–Crippen MR) is 130 cm³/mol. The minimum absolute atomic E-state index is 0.00836. The Labute approximate surface area is 192 Å². The van der Waals surface area contributed by atoms with Crippen LogP contribution in [0.3, 0.4) is 0 Å². The van der Waals surface area contributed by atoms with Crippen LogP contribution in [0.1, 0.15) is 36.2 Å². The van der Waals surface area contributed by atoms with Crippen molar-refractivity contribution < 1.29 is 9.59 Å². The van der Waals surface area contributed by atoms with Gasteiger partial charge in [-0.3, -0.25) is 14.5 Å². The van der Waals surface area contributed by atoms with Gasteiger partial charge in [0.05, 0.1) is 0 Å². The molecule has 1 aliphatic rings. The lowest BCUT2D eigenvalue weighted by atomic mass is 10.0. The number of para-hydroxylation sites is 1. The molecule has 1 unspecified atom stereocenters. The van der Waals surface area contributed by atoms with E-state index < -0.39 is 6.04 Å². The molecule has 0 aromatic heterocycles. The largest absolute Gasteiger partial charge is 0.369 e. The van der Waals surface area contributed by atoms with Gasteiger partial charge in [0.1, 0.15) is 6.04 Å². The summed E-state index contributed by atoms with van der Waals surface area (Å²) >= 11 is 0. The molecule has 32 heavy (non-hydrogen) atoms. The quantitative estimate of drug-likeness (QED) is 0.593. The summed E-state index contributed by atoms with van der Waals surface area (Å²) in [7, 11) is 0. The van der Waals surface area contributed by atoms with Crippen LogP contribution in [0.25, 0.3) is 0 Å². The van der Waals surface area contributed by atoms with E-state index in [-0.39, 0.29) is 17.7 Å². The third-order valence-corrected chi connectivity index (χ3v) is 6.07. The maximum Gasteiger partial charge on any atom is 0.252 e. The number of rotatable bonds is 9. The molecule has 6 nitrogen and oxygen atoms in total. The van der Waals surface area contributed by atoms with Gasteiger partial charge in [0.2, 0.25) is 5.91 Å². The highest BCUT2D eigenvalue weighted by Crippen LogP contribution is 2.15. The van der Waals surface area contributed by atoms with Crippen LogP contribution in [0.15, 0.2) is 54.6 Å². The molecular formula is C26H36N4O2. The minimum Gasteiger partial charge on any atom is -0.369 e. The van der Waals surface area contributed by atoms with Crippen molar-refractivity contribution in [3.8, 4) is 0 Å². The van der Waals surface area contributed by atoms with Gasteiger partial charge in [-0.25, -0.2) is 0 Å². The van der Waals surface area contributed by atoms with E-state index in [1.165, 1.54) is 5.69 Å². The van der Waals surface area contributed by atoms with Crippen LogP contribution in [-0.4, -0.2) is 62.0 Å². The summed E-state index contributed by atoms with van der Waals surface area (Å²) in [4.78, 5) is 30.3. The molecule has 2 aromatic rings. The Kier molecular flexibility index (Phi) is 8.68. The molecule has 0 aliphatic carbocycles. The molecule has 2 N–H and O–H groups in total. The highest BCUT2D eigenvalue weighted by Gasteiger charge is 2.25. The monoisotopic (exact) mass is 436 g/mol. The van der Waals surface area contributed by atoms with Gasteiger partial charge in [-0.05, 0) is 49.6 Å². The van der Waals surface area contributed by atoms with Gasteiger partial charge >= 0.3 is 0 Å². The fraction of sp³-hybridized carbons (Fsp3) is 0.462. The summed E-state index contributed by atoms with van der Waals surface area (Å²) in [5.74, 6) is -0.307. The standard InChI is InChI=1S/C26H36N4O2/c1-20(2)24(28-25(31)23-13-8-7-10-21(23)3)26(32)27-14-9-15-29-16-18-30(19-17-29)22-11-5-4-6-12-22/h4-8,10-13,20,24H,9,14-19H2,1-3H3,(H,27,32)(H,28,31). The Morgan fingerprint density at radius 1 is 0.938 bits per heavy atom. The smallest absolute Gasteiger partial charge is 0.252 e. The lowest BCUT2D eigenvalue weighted by Gasteiger charge is -2.36. The van der Waals surface area contributed by atoms with Crippen molar-refractivity contribution in [1.82, 2.24) is 15.5 Å². The number of hydrogen-bond donors (Lipinski definition) is 2. The molecule has 0 saturated carbocycles. The molecule has 1 fully saturated rings. The predicted octanol–water partition coefficient (Wildman–Crippen LogP) is 3.08. The lowest BCUT2D eigenvalue weighted by molar-refractivity contribution is -0.123. The summed E-state index contributed by atoms with van der Waals surface area (Å²) in [5.41, 5.74) is 2.80. The second-order valence-electron chi connectivity index (χ2n) is 8.82. The number of aryl methyl sites for hydroxylation is 1. The van der Waals surface area contributed by atoms with Crippen LogP contribution in [0.2, 0.25) is 0 Å². The first-order valence-corrected chi connectivity index (χ1v) is 11.6. The van der Waals surface area contributed by atoms with Crippen LogP contribution >= 0.6 is 0 Å². The number of amides is 2. The number of anilines is 1. The average Bonchev–Trinajstić information content (AvgIpc) is 2.81. The van der Waals surface area contributed by atoms with Crippen LogP contribution in [0.4, 0.5) is 5.69 Å². The van der Waals surface area contributed by atoms with Crippen molar-refractivity contribution in [2.45, 2.75) is 33.2 Å². The fourth-order valence-electron chi connectivity index (χ4n) is 4.07. The Morgan fingerprint density at radius 3 is 2.25 bits per heavy atom. The van der Waals surface area contributed by atoms with Crippen LogP contribution in [0, 0.1) is 12.8 Å². The highest BCUT2D eigenvalue weighted by molar-refractivity contribution is 5.98. The van der Waals surface area contributed by atoms with Gasteiger partial charge in [-0.15, -0.1) is 0 Å². The van der Waals surface area contributed by atoms with Crippen molar-refractivity contribution in [2.24, 2.45) is 5.92 Å². The number of benzene rings is 2. The van der Waals surface area contributed by atoms with Gasteiger partial charge < -0.3 is 15.5 Å². The number of nitrogens with one attached hydrogen (secondary N) is 2. The first-order chi connectivity index (χ1) is 15.5. The third kappa shape index (κ3) is 6.57. The molecule has 1 heterocycles. The van der Waals surface area contributed by atoms with Gasteiger partial charge in [0.15, 0.2) is 0 Å². The molecule has 2 aromatic carbocycles. The molecular weight excluding hydrogens is 400 g/mol. The zero-order valence-electron chi connectivity index (χ0n) is 19.5. The molecule has 0 bridgehead atoms. The lowest BCUT2D eigenvalue weighted by Crippen LogP contribution is -2.50. The zero-order valence-corrected chi connectivity index (χ0v) is 19.5. The van der Waals surface area contributed by atoms with E-state index in [2.05, 4.69) is 44.7 Å². The van der Waals surface area contributed by atoms with Gasteiger partial charge in [0.25, 0.3) is 5.91 Å². The van der Waals surface area contributed by atoms with E-state index in [9.17, 15) is 9.59 Å². The summed E-state index contributed by atoms with van der Waals surface area (Å²) in [6.45, 7) is 11.5. The van der Waals surface area contributed by atoms with Gasteiger partial charge in [0, 0.05) is 44.0 Å². The number of carbonyl (C=O) groups is 2. The van der Waals surface area contributed by atoms with Crippen molar-refractivity contribution in [3.05, 3.63) is 65.7 Å². The summed E-state index contributed by atoms with van der Waals surface area (Å²) < 4.78 is 0. The number of carbonyl (C=O) groups excluding carboxylic acids is 2. The molecule has 172 valence electrons. The maximum atomic E-state index is 12.7. The van der Waals surface area contributed by atoms with E-state index in [0.717, 1.165) is 44.7 Å². The molecule has 6 heteroatoms. The van der Waals surface area contributed by atoms with Crippen LogP contribution < -0.4 is 15.5 Å². The molecule has 2 amide bonds. The fourth-order valence-corrected chi connectivity index (χ4v) is 4.07. The van der Waals surface area contributed by atoms with E-state index in [0.29, 0.717) is 12.1 Å². The van der Waals surface area contributed by atoms with Crippen molar-refractivity contribution in [3.63, 3.8) is 0 Å². The summed E-state index contributed by atoms with van der Waals surface area (Å²) in [6.07, 6.45) is 0.896. The topological polar surface area (TPSA) is 64.7 Å². The molecule has 0 radical (unpaired) electrons. The van der Waals surface area contributed by atoms with Crippen molar-refractivity contribution in [2.75, 3.05) is 44.2 Å². The molecule has 0 spiro atoms. The van der Waals surface area contributed by atoms with Crippen LogP contribution in [-0.2, 0) is 4.79 Å². The Hall–Kier alpha value is -2.86. The molecule has 1 atom stereocenters. The first kappa shape index (κ1) is 23.8. The van der Waals surface area contributed by atoms with E-state index >= 15 is 0 Å². The molecule has 1 saturated heterocycles. The number of piperazine rings is 1. The summed E-state index contributed by atoms with van der Waals surface area (Å²) in [5, 5.41) is 5.94. The Morgan fingerprint density at radius 2 is 1.59 bits per heavy atom. The van der Waals surface area contributed by atoms with E-state index in [4.69, 9.17) is 0 Å². The van der Waals surface area contributed by atoms with Crippen molar-refractivity contribution in [1.29, 1.82) is 0 Å². The van der Waals surface area contributed by atoms with Gasteiger partial charge in [-0.2, -0.15) is 0 Å². The Balaban J connectivity index is 1.39. The first-order valence-electron chi connectivity index (χ1n) is 11.6. The SMILES string of the molecule is Cc1ccccc1C(=O)NC(C(=O)NCCCN1CCN(c2ccccc2)CC1)C(C)C. The number of hydrogen-bond acceptors (Lipinski definition) is 4. The second-order valence-corrected chi connectivity index (χ2v) is 8.82. The van der Waals surface area contributed by atoms with Crippen LogP contribution in [0.5, 0.6) is 0 Å². The average molecular weight is 437 g/mol. The zero-order chi connectivity index (χ0) is 22.9. The van der Waals surface area contributed by atoms with Gasteiger partial charge in [-0.1, -0.05) is 50.2 Å². The van der Waals surface area contributed by atoms with E-state index in [1.54, 1.807) is 6.07 Å². The second kappa shape index (κ2) is 11.7. The van der Waals surface area contributed by atoms with Crippen molar-refractivity contribution >= 4 is 17.5 Å². The third-order valence-electron chi connectivity index (χ3n) is 6.07. The number of nitrogens with zero attached hydrogens (tertiary/aromatic N) is 2. The highest BCUT2D eigenvalue weighted by atomic mass is 16.2. The molecule has 1 aliphatic heterocycles. The summed E-state index contributed by atoms with van der Waals surface area (Å²) in [6, 6.07) is 17.4. The normalized spacial score (nSPS) is 15.4. The molecule has 3 rings (SSSR count).